The number of rotatable bonds is 2. The topological polar surface area (TPSA) is 41.6 Å². The largest absolute Gasteiger partial charge is 0.270 e. The van der Waals surface area contributed by atoms with Crippen molar-refractivity contribution in [3.05, 3.63) is 16.4 Å². The molecule has 0 spiro atoms. The molecule has 1 aliphatic carbocycles. The van der Waals surface area contributed by atoms with Gasteiger partial charge in [0.05, 0.1) is 4.47 Å². The summed E-state index contributed by atoms with van der Waals surface area (Å²) in [6.45, 7) is 3.22. The zero-order valence-electron chi connectivity index (χ0n) is 8.07. The lowest BCUT2D eigenvalue weighted by Gasteiger charge is -2.32. The first-order valence-corrected chi connectivity index (χ1v) is 5.61. The lowest BCUT2D eigenvalue weighted by atomic mass is 9.76. The van der Waals surface area contributed by atoms with Crippen LogP contribution in [0, 0.1) is 23.2 Å². The van der Waals surface area contributed by atoms with Gasteiger partial charge in [-0.25, -0.2) is 0 Å². The molecule has 1 fully saturated rings. The van der Waals surface area contributed by atoms with E-state index in [2.05, 4.69) is 34.0 Å². The van der Waals surface area contributed by atoms with E-state index in [4.69, 9.17) is 5.26 Å². The van der Waals surface area contributed by atoms with Gasteiger partial charge in [-0.1, -0.05) is 6.92 Å². The van der Waals surface area contributed by atoms with Crippen LogP contribution < -0.4 is 0 Å². The van der Waals surface area contributed by atoms with Crippen LogP contribution in [0.3, 0.4) is 0 Å². The van der Waals surface area contributed by atoms with Crippen molar-refractivity contribution in [1.82, 2.24) is 9.78 Å². The summed E-state index contributed by atoms with van der Waals surface area (Å²) in [5, 5.41) is 12.9. The Morgan fingerprint density at radius 3 is 2.93 bits per heavy atom. The average Bonchev–Trinajstić information content (AvgIpc) is 2.43. The first-order valence-electron chi connectivity index (χ1n) is 4.82. The molecular weight excluding hydrogens is 242 g/mol. The molecule has 1 aromatic rings. The minimum atomic E-state index is 0.484. The normalized spacial score (nSPS) is 25.5. The molecular formula is C10H12BrN3. The van der Waals surface area contributed by atoms with E-state index in [0.717, 1.165) is 22.9 Å². The second kappa shape index (κ2) is 3.74. The van der Waals surface area contributed by atoms with E-state index in [-0.39, 0.29) is 0 Å². The van der Waals surface area contributed by atoms with Gasteiger partial charge in [-0.2, -0.15) is 10.4 Å². The Hall–Kier alpha value is -0.820. The molecule has 0 aromatic carbocycles. The summed E-state index contributed by atoms with van der Waals surface area (Å²) >= 11 is 3.31. The highest BCUT2D eigenvalue weighted by Crippen LogP contribution is 2.34. The van der Waals surface area contributed by atoms with Crippen molar-refractivity contribution in [3.8, 4) is 6.07 Å². The molecule has 74 valence electrons. The minimum absolute atomic E-state index is 0.484. The Kier molecular flexibility index (Phi) is 2.60. The number of hydrogen-bond acceptors (Lipinski definition) is 2. The lowest BCUT2D eigenvalue weighted by molar-refractivity contribution is 0.182. The summed E-state index contributed by atoms with van der Waals surface area (Å²) in [6.07, 6.45) is 4.47. The third kappa shape index (κ3) is 1.83. The summed E-state index contributed by atoms with van der Waals surface area (Å²) in [5.41, 5.74) is 0.484. The summed E-state index contributed by atoms with van der Waals surface area (Å²) < 4.78 is 2.67. The first-order chi connectivity index (χ1) is 6.69. The fourth-order valence-corrected chi connectivity index (χ4v) is 2.45. The molecule has 0 unspecified atom stereocenters. The van der Waals surface area contributed by atoms with Crippen LogP contribution in [0.2, 0.25) is 0 Å². The van der Waals surface area contributed by atoms with E-state index in [1.165, 1.54) is 12.8 Å². The summed E-state index contributed by atoms with van der Waals surface area (Å²) in [6, 6.07) is 2.05. The van der Waals surface area contributed by atoms with Crippen molar-refractivity contribution in [2.24, 2.45) is 11.8 Å². The van der Waals surface area contributed by atoms with E-state index in [1.54, 1.807) is 0 Å². The van der Waals surface area contributed by atoms with Crippen LogP contribution in [-0.2, 0) is 6.54 Å². The zero-order chi connectivity index (χ0) is 10.1. The van der Waals surface area contributed by atoms with Crippen molar-refractivity contribution < 1.29 is 0 Å². The van der Waals surface area contributed by atoms with Crippen molar-refractivity contribution in [3.63, 3.8) is 0 Å². The van der Waals surface area contributed by atoms with E-state index < -0.39 is 0 Å². The van der Waals surface area contributed by atoms with Crippen molar-refractivity contribution >= 4 is 15.9 Å². The van der Waals surface area contributed by atoms with Gasteiger partial charge in [-0.15, -0.1) is 0 Å². The Balaban J connectivity index is 2.00. The Labute approximate surface area is 91.8 Å². The van der Waals surface area contributed by atoms with Crippen molar-refractivity contribution in [2.45, 2.75) is 26.3 Å². The predicted octanol–water partition coefficient (Wildman–Crippen LogP) is 2.56. The third-order valence-electron chi connectivity index (χ3n) is 2.74. The lowest BCUT2D eigenvalue weighted by Crippen LogP contribution is -2.25. The summed E-state index contributed by atoms with van der Waals surface area (Å²) in [4.78, 5) is 0. The molecule has 0 amide bonds. The molecule has 0 saturated heterocycles. The van der Waals surface area contributed by atoms with Gasteiger partial charge in [0.1, 0.15) is 6.07 Å². The van der Waals surface area contributed by atoms with Gasteiger partial charge in [0.15, 0.2) is 5.69 Å². The first kappa shape index (κ1) is 9.72. The van der Waals surface area contributed by atoms with E-state index in [9.17, 15) is 0 Å². The molecule has 0 atom stereocenters. The third-order valence-corrected chi connectivity index (χ3v) is 3.32. The molecule has 0 N–H and O–H groups in total. The number of aromatic nitrogens is 2. The summed E-state index contributed by atoms with van der Waals surface area (Å²) in [7, 11) is 0. The van der Waals surface area contributed by atoms with Gasteiger partial charge in [-0.05, 0) is 40.6 Å². The maximum atomic E-state index is 8.72. The van der Waals surface area contributed by atoms with Crippen LogP contribution in [0.15, 0.2) is 10.7 Å². The second-order valence-electron chi connectivity index (χ2n) is 4.10. The molecule has 1 aromatic heterocycles. The predicted molar refractivity (Wildman–Crippen MR) is 56.5 cm³/mol. The van der Waals surface area contributed by atoms with Crippen molar-refractivity contribution in [2.75, 3.05) is 0 Å². The maximum Gasteiger partial charge on any atom is 0.176 e. The Morgan fingerprint density at radius 1 is 1.71 bits per heavy atom. The summed E-state index contributed by atoms with van der Waals surface area (Å²) in [5.74, 6) is 1.62. The van der Waals surface area contributed by atoms with Gasteiger partial charge in [0, 0.05) is 12.7 Å². The number of nitrogens with zero attached hydrogens (tertiary/aromatic N) is 3. The van der Waals surface area contributed by atoms with Crippen LogP contribution in [0.4, 0.5) is 0 Å². The van der Waals surface area contributed by atoms with Gasteiger partial charge in [0.2, 0.25) is 0 Å². The van der Waals surface area contributed by atoms with Crippen LogP contribution >= 0.6 is 15.9 Å². The van der Waals surface area contributed by atoms with Crippen LogP contribution in [0.5, 0.6) is 0 Å². The highest BCUT2D eigenvalue weighted by molar-refractivity contribution is 9.10. The number of hydrogen-bond donors (Lipinski definition) is 0. The molecule has 1 saturated carbocycles. The zero-order valence-corrected chi connectivity index (χ0v) is 9.66. The highest BCUT2D eigenvalue weighted by Gasteiger charge is 2.25. The minimum Gasteiger partial charge on any atom is -0.270 e. The van der Waals surface area contributed by atoms with Gasteiger partial charge in [0.25, 0.3) is 0 Å². The van der Waals surface area contributed by atoms with Crippen molar-refractivity contribution in [1.29, 1.82) is 5.26 Å². The molecule has 1 aliphatic rings. The van der Waals surface area contributed by atoms with Crippen LogP contribution in [-0.4, -0.2) is 9.78 Å². The molecule has 14 heavy (non-hydrogen) atoms. The van der Waals surface area contributed by atoms with E-state index in [0.29, 0.717) is 5.69 Å². The smallest absolute Gasteiger partial charge is 0.176 e. The van der Waals surface area contributed by atoms with Gasteiger partial charge < -0.3 is 0 Å². The van der Waals surface area contributed by atoms with Gasteiger partial charge >= 0.3 is 0 Å². The van der Waals surface area contributed by atoms with E-state index >= 15 is 0 Å². The van der Waals surface area contributed by atoms with Crippen LogP contribution in [0.1, 0.15) is 25.5 Å². The molecule has 0 bridgehead atoms. The second-order valence-corrected chi connectivity index (χ2v) is 4.96. The van der Waals surface area contributed by atoms with Crippen LogP contribution in [0.25, 0.3) is 0 Å². The molecule has 0 aliphatic heterocycles. The highest BCUT2D eigenvalue weighted by atomic mass is 79.9. The SMILES string of the molecule is CC1CC(Cn2cc(Br)c(C#N)n2)C1. The quantitative estimate of drug-likeness (QED) is 0.813. The maximum absolute atomic E-state index is 8.72. The molecule has 2 rings (SSSR count). The number of nitriles is 1. The Morgan fingerprint density at radius 2 is 2.43 bits per heavy atom. The standard InChI is InChI=1S/C10H12BrN3/c1-7-2-8(3-7)5-14-6-9(11)10(4-12)13-14/h6-8H,2-3,5H2,1H3. The van der Waals surface area contributed by atoms with E-state index in [1.807, 2.05) is 10.9 Å². The Bertz CT molecular complexity index is 371. The fraction of sp³-hybridized carbons (Fsp3) is 0.600. The molecule has 3 nitrogen and oxygen atoms in total. The molecule has 1 heterocycles. The average molecular weight is 254 g/mol. The van der Waals surface area contributed by atoms with Gasteiger partial charge in [-0.3, -0.25) is 4.68 Å². The monoisotopic (exact) mass is 253 g/mol. The molecule has 4 heteroatoms. The number of halogens is 1. The molecule has 0 radical (unpaired) electrons. The fourth-order valence-electron chi connectivity index (χ4n) is 2.05.